The predicted octanol–water partition coefficient (Wildman–Crippen LogP) is 16.6. The fraction of sp³-hybridized carbons (Fsp3) is 0.870. The molecular formula is C46H91N. The van der Waals surface area contributed by atoms with E-state index in [0.29, 0.717) is 0 Å². The van der Waals surface area contributed by atoms with Crippen molar-refractivity contribution < 1.29 is 0 Å². The summed E-state index contributed by atoms with van der Waals surface area (Å²) in [6.07, 6.45) is 60.7. The van der Waals surface area contributed by atoms with E-state index in [1.54, 1.807) is 0 Å². The van der Waals surface area contributed by atoms with Crippen LogP contribution < -0.4 is 5.32 Å². The highest BCUT2D eigenvalue weighted by Gasteiger charge is 1.96. The molecule has 1 nitrogen and oxygen atoms in total. The van der Waals surface area contributed by atoms with E-state index in [0.717, 1.165) is 0 Å². The molecule has 0 aliphatic heterocycles. The first-order valence-corrected chi connectivity index (χ1v) is 21.9. The van der Waals surface area contributed by atoms with Crippen molar-refractivity contribution in [3.63, 3.8) is 0 Å². The molecule has 0 aliphatic rings. The first kappa shape index (κ1) is 48.3. The molecule has 0 aromatic heterocycles. The van der Waals surface area contributed by atoms with Gasteiger partial charge in [0.15, 0.2) is 0 Å². The summed E-state index contributed by atoms with van der Waals surface area (Å²) in [5.74, 6) is 0. The zero-order valence-corrected chi connectivity index (χ0v) is 33.1. The number of rotatable bonds is 40. The normalized spacial score (nSPS) is 11.5. The van der Waals surface area contributed by atoms with Gasteiger partial charge in [0.05, 0.1) is 0 Å². The van der Waals surface area contributed by atoms with Crippen LogP contribution in [0.15, 0.2) is 37.5 Å². The summed E-state index contributed by atoms with van der Waals surface area (Å²) in [6.45, 7) is 13.1. The van der Waals surface area contributed by atoms with Crippen molar-refractivity contribution in [3.05, 3.63) is 37.5 Å². The maximum absolute atomic E-state index is 3.69. The van der Waals surface area contributed by atoms with Crippen LogP contribution in [0.4, 0.5) is 0 Å². The van der Waals surface area contributed by atoms with E-state index in [2.05, 4.69) is 56.6 Å². The largest absolute Gasteiger partial charge is 0.317 e. The molecule has 0 rings (SSSR count). The van der Waals surface area contributed by atoms with E-state index in [-0.39, 0.29) is 0 Å². The van der Waals surface area contributed by atoms with Crippen molar-refractivity contribution in [2.45, 2.75) is 245 Å². The van der Waals surface area contributed by atoms with Crippen LogP contribution in [0.2, 0.25) is 0 Å². The Hall–Kier alpha value is -0.820. The summed E-state index contributed by atoms with van der Waals surface area (Å²) in [7, 11) is 0. The summed E-state index contributed by atoms with van der Waals surface area (Å²) in [6, 6.07) is 0. The molecule has 0 amide bonds. The minimum atomic E-state index is 1.24. The van der Waals surface area contributed by atoms with Crippen molar-refractivity contribution in [3.8, 4) is 0 Å². The monoisotopic (exact) mass is 658 g/mol. The topological polar surface area (TPSA) is 12.0 Å². The molecule has 1 heteroatoms. The van der Waals surface area contributed by atoms with Gasteiger partial charge in [-0.25, -0.2) is 0 Å². The summed E-state index contributed by atoms with van der Waals surface area (Å²) in [5.41, 5.74) is 0. The number of allylic oxidation sites excluding steroid dienone is 4. The Balaban J connectivity index is 0. The Morgan fingerprint density at radius 2 is 0.468 bits per heavy atom. The molecule has 47 heavy (non-hydrogen) atoms. The van der Waals surface area contributed by atoms with Crippen LogP contribution >= 0.6 is 0 Å². The zero-order chi connectivity index (χ0) is 34.4. The lowest BCUT2D eigenvalue weighted by molar-refractivity contribution is 0.524. The van der Waals surface area contributed by atoms with Crippen molar-refractivity contribution in [1.29, 1.82) is 0 Å². The van der Waals surface area contributed by atoms with Gasteiger partial charge in [0.1, 0.15) is 0 Å². The van der Waals surface area contributed by atoms with Gasteiger partial charge in [0.25, 0.3) is 0 Å². The Morgan fingerprint density at radius 1 is 0.277 bits per heavy atom. The minimum Gasteiger partial charge on any atom is -0.317 e. The highest BCUT2D eigenvalue weighted by atomic mass is 14.8. The molecule has 1 N–H and O–H groups in total. The van der Waals surface area contributed by atoms with Gasteiger partial charge in [0.2, 0.25) is 0 Å². The highest BCUT2D eigenvalue weighted by Crippen LogP contribution is 2.14. The molecule has 0 unspecified atom stereocenters. The fourth-order valence-electron chi connectivity index (χ4n) is 6.53. The molecule has 0 aromatic carbocycles. The smallest absolute Gasteiger partial charge is 0.00489 e. The fourth-order valence-corrected chi connectivity index (χ4v) is 6.53. The van der Waals surface area contributed by atoms with Gasteiger partial charge in [-0.3, -0.25) is 0 Å². The second-order valence-corrected chi connectivity index (χ2v) is 14.5. The van der Waals surface area contributed by atoms with E-state index in [1.165, 1.54) is 244 Å². The van der Waals surface area contributed by atoms with Crippen LogP contribution in [0.1, 0.15) is 245 Å². The van der Waals surface area contributed by atoms with Gasteiger partial charge in [-0.15, -0.1) is 13.2 Å². The van der Waals surface area contributed by atoms with Gasteiger partial charge in [-0.2, -0.15) is 0 Å². The van der Waals surface area contributed by atoms with Crippen LogP contribution in [0.3, 0.4) is 0 Å². The molecule has 0 heterocycles. The lowest BCUT2D eigenvalue weighted by Crippen LogP contribution is -2.16. The lowest BCUT2D eigenvalue weighted by Gasteiger charge is -2.06. The van der Waals surface area contributed by atoms with E-state index < -0.39 is 0 Å². The van der Waals surface area contributed by atoms with Crippen molar-refractivity contribution in [2.24, 2.45) is 0 Å². The summed E-state index contributed by atoms with van der Waals surface area (Å²) in [4.78, 5) is 0. The Kier molecular flexibility index (Phi) is 50.9. The molecule has 0 aromatic rings. The second kappa shape index (κ2) is 49.6. The van der Waals surface area contributed by atoms with E-state index in [1.807, 2.05) is 0 Å². The van der Waals surface area contributed by atoms with Gasteiger partial charge >= 0.3 is 0 Å². The third kappa shape index (κ3) is 49.7. The molecule has 0 spiro atoms. The Labute approximate surface area is 300 Å². The number of hydrogen-bond acceptors (Lipinski definition) is 1. The van der Waals surface area contributed by atoms with E-state index >= 15 is 0 Å². The third-order valence-electron chi connectivity index (χ3n) is 9.73. The molecule has 0 saturated carbocycles. The molecule has 0 saturated heterocycles. The first-order chi connectivity index (χ1) is 23.4. The van der Waals surface area contributed by atoms with Crippen LogP contribution in [0.5, 0.6) is 0 Å². The summed E-state index contributed by atoms with van der Waals surface area (Å²) < 4.78 is 0. The number of nitrogens with one attached hydrogen (secondary N) is 1. The molecule has 280 valence electrons. The van der Waals surface area contributed by atoms with E-state index in [4.69, 9.17) is 0 Å². The van der Waals surface area contributed by atoms with Crippen LogP contribution in [0.25, 0.3) is 0 Å². The Bertz CT molecular complexity index is 515. The molecule has 0 radical (unpaired) electrons. The molecule has 0 aliphatic carbocycles. The zero-order valence-electron chi connectivity index (χ0n) is 33.1. The Morgan fingerprint density at radius 3 is 0.702 bits per heavy atom. The van der Waals surface area contributed by atoms with Crippen molar-refractivity contribution in [1.82, 2.24) is 5.32 Å². The van der Waals surface area contributed by atoms with Gasteiger partial charge < -0.3 is 5.32 Å². The van der Waals surface area contributed by atoms with E-state index in [9.17, 15) is 0 Å². The van der Waals surface area contributed by atoms with Gasteiger partial charge in [-0.1, -0.05) is 205 Å². The van der Waals surface area contributed by atoms with Crippen LogP contribution in [-0.4, -0.2) is 13.1 Å². The van der Waals surface area contributed by atoms with Gasteiger partial charge in [0, 0.05) is 0 Å². The standard InChI is InChI=1S/C44H87N.C2H4/c1-3-5-7-9-11-13-15-17-19-21-23-25-27-29-31-33-35-37-39-41-43-45-44-42-40-38-36-34-32-30-28-26-24-22-20-18-16-14-12-10-8-6-4-2;1-2/h17-20,45H,3-16,21-44H2,1-2H3;1-2H2. The summed E-state index contributed by atoms with van der Waals surface area (Å²) in [5, 5.41) is 3.69. The third-order valence-corrected chi connectivity index (χ3v) is 9.73. The number of hydrogen-bond donors (Lipinski definition) is 1. The van der Waals surface area contributed by atoms with Crippen LogP contribution in [-0.2, 0) is 0 Å². The van der Waals surface area contributed by atoms with Crippen molar-refractivity contribution >= 4 is 0 Å². The quantitative estimate of drug-likeness (QED) is 0.0511. The molecular weight excluding hydrogens is 567 g/mol. The maximum atomic E-state index is 3.69. The predicted molar refractivity (Wildman–Crippen MR) is 220 cm³/mol. The minimum absolute atomic E-state index is 1.24. The maximum Gasteiger partial charge on any atom is -0.00489 e. The molecule has 0 bridgehead atoms. The van der Waals surface area contributed by atoms with Gasteiger partial charge in [-0.05, 0) is 77.3 Å². The molecule has 0 fully saturated rings. The van der Waals surface area contributed by atoms with Crippen LogP contribution in [0, 0.1) is 0 Å². The van der Waals surface area contributed by atoms with Crippen molar-refractivity contribution in [2.75, 3.05) is 13.1 Å². The number of unbranched alkanes of at least 4 members (excludes halogenated alkanes) is 32. The summed E-state index contributed by atoms with van der Waals surface area (Å²) >= 11 is 0. The average molecular weight is 658 g/mol. The first-order valence-electron chi connectivity index (χ1n) is 21.9. The molecule has 0 atom stereocenters. The SMILES string of the molecule is C=C.CCCCCCCCC=CCCCCCCCCCCCCNCCCCCCCCCCCCC=CCCCCCCCC. The average Bonchev–Trinajstić information content (AvgIpc) is 3.10. The highest BCUT2D eigenvalue weighted by molar-refractivity contribution is 4.82. The second-order valence-electron chi connectivity index (χ2n) is 14.5. The lowest BCUT2D eigenvalue weighted by atomic mass is 10.1.